The van der Waals surface area contributed by atoms with Gasteiger partial charge in [-0.2, -0.15) is 0 Å². The predicted octanol–water partition coefficient (Wildman–Crippen LogP) is 2.54. The van der Waals surface area contributed by atoms with Crippen molar-refractivity contribution in [3.8, 4) is 5.75 Å². The highest BCUT2D eigenvalue weighted by Crippen LogP contribution is 2.37. The van der Waals surface area contributed by atoms with Gasteiger partial charge in [-0.05, 0) is 36.0 Å². The number of rotatable bonds is 9. The van der Waals surface area contributed by atoms with Gasteiger partial charge in [0, 0.05) is 6.08 Å². The van der Waals surface area contributed by atoms with Gasteiger partial charge in [0.15, 0.2) is 0 Å². The van der Waals surface area contributed by atoms with Gasteiger partial charge in [0.2, 0.25) is 0 Å². The van der Waals surface area contributed by atoms with E-state index in [2.05, 4.69) is 0 Å². The summed E-state index contributed by atoms with van der Waals surface area (Å²) in [6, 6.07) is 7.11. The van der Waals surface area contributed by atoms with Crippen LogP contribution in [0.1, 0.15) is 38.4 Å². The maximum atomic E-state index is 10.5. The Bertz CT molecular complexity index is 490. The van der Waals surface area contributed by atoms with E-state index in [1.54, 1.807) is 30.3 Å². The van der Waals surface area contributed by atoms with Crippen LogP contribution < -0.4 is 4.74 Å². The average molecular weight is 308 g/mol. The van der Waals surface area contributed by atoms with Crippen molar-refractivity contribution in [1.29, 1.82) is 0 Å². The van der Waals surface area contributed by atoms with Crippen molar-refractivity contribution >= 4 is 5.97 Å². The molecule has 0 unspecified atom stereocenters. The van der Waals surface area contributed by atoms with E-state index in [9.17, 15) is 9.90 Å². The summed E-state index contributed by atoms with van der Waals surface area (Å²) >= 11 is 0. The van der Waals surface area contributed by atoms with Crippen molar-refractivity contribution in [2.75, 3.05) is 13.2 Å². The smallest absolute Gasteiger partial charge is 0.327 e. The highest BCUT2D eigenvalue weighted by molar-refractivity contribution is 5.79. The molecule has 0 radical (unpaired) electrons. The molecule has 0 saturated heterocycles. The summed E-state index contributed by atoms with van der Waals surface area (Å²) in [7, 11) is 0. The van der Waals surface area contributed by atoms with E-state index >= 15 is 0 Å². The van der Waals surface area contributed by atoms with Gasteiger partial charge in [-0.15, -0.1) is 0 Å². The van der Waals surface area contributed by atoms with Crippen LogP contribution in [0.3, 0.4) is 0 Å². The number of ether oxygens (including phenoxy) is 1. The molecule has 1 rings (SSSR count). The first-order chi connectivity index (χ1) is 10.4. The molecule has 0 aliphatic rings. The second-order valence-electron chi connectivity index (χ2n) is 5.81. The first kappa shape index (κ1) is 18.2. The minimum Gasteiger partial charge on any atom is -0.491 e. The minimum atomic E-state index is -0.961. The molecule has 0 aliphatic heterocycles. The first-order valence-corrected chi connectivity index (χ1v) is 7.28. The van der Waals surface area contributed by atoms with Crippen LogP contribution in [0.25, 0.3) is 0 Å². The molecule has 3 N–H and O–H groups in total. The van der Waals surface area contributed by atoms with Crippen molar-refractivity contribution in [1.82, 2.24) is 0 Å². The summed E-state index contributed by atoms with van der Waals surface area (Å²) in [6.07, 6.45) is 3.32. The molecule has 0 spiro atoms. The van der Waals surface area contributed by atoms with Crippen molar-refractivity contribution in [2.45, 2.75) is 32.8 Å². The van der Waals surface area contributed by atoms with Gasteiger partial charge in [0.05, 0.1) is 12.7 Å². The van der Waals surface area contributed by atoms with Gasteiger partial charge in [-0.3, -0.25) is 0 Å². The second kappa shape index (κ2) is 8.56. The minimum absolute atomic E-state index is 0.0404. The zero-order valence-electron chi connectivity index (χ0n) is 13.0. The van der Waals surface area contributed by atoms with E-state index in [1.807, 2.05) is 13.8 Å². The first-order valence-electron chi connectivity index (χ1n) is 7.28. The van der Waals surface area contributed by atoms with Crippen LogP contribution in [-0.4, -0.2) is 34.5 Å². The number of carbonyl (C=O) groups is 1. The summed E-state index contributed by atoms with van der Waals surface area (Å²) < 4.78 is 5.28. The lowest BCUT2D eigenvalue weighted by Crippen LogP contribution is -2.21. The summed E-state index contributed by atoms with van der Waals surface area (Å²) in [5.41, 5.74) is 0.402. The summed E-state index contributed by atoms with van der Waals surface area (Å²) in [5.74, 6) is -0.316. The van der Waals surface area contributed by atoms with Gasteiger partial charge in [-0.1, -0.05) is 32.1 Å². The molecule has 1 atom stereocenters. The number of hydrogen-bond acceptors (Lipinski definition) is 4. The maximum absolute atomic E-state index is 10.5. The van der Waals surface area contributed by atoms with Crippen LogP contribution in [0.4, 0.5) is 0 Å². The van der Waals surface area contributed by atoms with Gasteiger partial charge >= 0.3 is 5.97 Å². The van der Waals surface area contributed by atoms with E-state index in [0.717, 1.165) is 11.6 Å². The molecule has 0 aromatic heterocycles. The van der Waals surface area contributed by atoms with Crippen molar-refractivity contribution in [3.05, 3.63) is 42.0 Å². The van der Waals surface area contributed by atoms with Crippen LogP contribution in [0.2, 0.25) is 0 Å². The largest absolute Gasteiger partial charge is 0.491 e. The molecule has 0 amide bonds. The zero-order valence-corrected chi connectivity index (χ0v) is 13.0. The van der Waals surface area contributed by atoms with Crippen molar-refractivity contribution in [2.24, 2.45) is 5.41 Å². The lowest BCUT2D eigenvalue weighted by Gasteiger charge is -2.30. The average Bonchev–Trinajstić information content (AvgIpc) is 2.49. The third-order valence-electron chi connectivity index (χ3n) is 3.51. The fraction of sp³-hybridized carbons (Fsp3) is 0.471. The Balaban J connectivity index is 2.63. The van der Waals surface area contributed by atoms with Crippen LogP contribution in [0.15, 0.2) is 36.4 Å². The second-order valence-corrected chi connectivity index (χ2v) is 5.81. The Morgan fingerprint density at radius 3 is 2.50 bits per heavy atom. The number of carboxylic acid groups (broad SMARTS) is 1. The van der Waals surface area contributed by atoms with Gasteiger partial charge in [0.25, 0.3) is 0 Å². The molecule has 5 nitrogen and oxygen atoms in total. The van der Waals surface area contributed by atoms with Crippen LogP contribution in [-0.2, 0) is 4.79 Å². The number of carboxylic acids is 1. The topological polar surface area (TPSA) is 87.0 Å². The third kappa shape index (κ3) is 5.87. The fourth-order valence-corrected chi connectivity index (χ4v) is 2.14. The summed E-state index contributed by atoms with van der Waals surface area (Å²) in [5, 5.41) is 27.8. The van der Waals surface area contributed by atoms with Crippen LogP contribution >= 0.6 is 0 Å². The molecular formula is C17H24O5. The standard InChI is InChI=1S/C17H24O5/c1-17(2,10-4-3-5-15(19)20)16(21)13-6-8-14(9-7-13)22-12-11-18/h3,5-9,16,18,21H,4,10-12H2,1-2H3,(H,19,20)/b5-3+/t16-/m0/s1. The molecule has 1 aromatic carbocycles. The third-order valence-corrected chi connectivity index (χ3v) is 3.51. The Labute approximate surface area is 130 Å². The zero-order chi connectivity index (χ0) is 16.6. The molecule has 1 aromatic rings. The maximum Gasteiger partial charge on any atom is 0.327 e. The molecule has 122 valence electrons. The van der Waals surface area contributed by atoms with Gasteiger partial charge in [0.1, 0.15) is 12.4 Å². The molecule has 22 heavy (non-hydrogen) atoms. The molecule has 0 bridgehead atoms. The monoisotopic (exact) mass is 308 g/mol. The fourth-order valence-electron chi connectivity index (χ4n) is 2.14. The van der Waals surface area contributed by atoms with Crippen LogP contribution in [0, 0.1) is 5.41 Å². The van der Waals surface area contributed by atoms with Crippen molar-refractivity contribution in [3.63, 3.8) is 0 Å². The SMILES string of the molecule is CC(C)(CC/C=C/C(=O)O)[C@@H](O)c1ccc(OCCO)cc1. The Hall–Kier alpha value is -1.85. The molecule has 0 saturated carbocycles. The van der Waals surface area contributed by atoms with Crippen molar-refractivity contribution < 1.29 is 24.9 Å². The number of aliphatic hydroxyl groups excluding tert-OH is 2. The molecule has 0 heterocycles. The van der Waals surface area contributed by atoms with E-state index < -0.39 is 12.1 Å². The summed E-state index contributed by atoms with van der Waals surface area (Å²) in [6.45, 7) is 4.09. The Morgan fingerprint density at radius 1 is 1.32 bits per heavy atom. The highest BCUT2D eigenvalue weighted by Gasteiger charge is 2.28. The normalized spacial score (nSPS) is 13.3. The van der Waals surface area contributed by atoms with Gasteiger partial charge < -0.3 is 20.1 Å². The number of benzene rings is 1. The number of aliphatic carboxylic acids is 1. The van der Waals surface area contributed by atoms with E-state index in [-0.39, 0.29) is 18.6 Å². The number of aliphatic hydroxyl groups is 2. The summed E-state index contributed by atoms with van der Waals surface area (Å²) in [4.78, 5) is 10.4. The highest BCUT2D eigenvalue weighted by atomic mass is 16.5. The Kier molecular flexibility index (Phi) is 7.08. The lowest BCUT2D eigenvalue weighted by molar-refractivity contribution is -0.131. The molecule has 0 aliphatic carbocycles. The lowest BCUT2D eigenvalue weighted by atomic mass is 9.79. The predicted molar refractivity (Wildman–Crippen MR) is 83.8 cm³/mol. The van der Waals surface area contributed by atoms with Crippen LogP contribution in [0.5, 0.6) is 5.75 Å². The Morgan fingerprint density at radius 2 is 1.95 bits per heavy atom. The van der Waals surface area contributed by atoms with Gasteiger partial charge in [-0.25, -0.2) is 4.79 Å². The molecule has 5 heteroatoms. The number of allylic oxidation sites excluding steroid dienone is 1. The molecular weight excluding hydrogens is 284 g/mol. The van der Waals surface area contributed by atoms with E-state index in [4.69, 9.17) is 14.9 Å². The van der Waals surface area contributed by atoms with E-state index in [0.29, 0.717) is 18.6 Å². The quantitative estimate of drug-likeness (QED) is 0.610. The number of hydrogen-bond donors (Lipinski definition) is 3. The van der Waals surface area contributed by atoms with E-state index in [1.165, 1.54) is 0 Å². The molecule has 0 fully saturated rings.